The second-order valence-corrected chi connectivity index (χ2v) is 5.67. The summed E-state index contributed by atoms with van der Waals surface area (Å²) in [5.74, 6) is -0.196. The predicted molar refractivity (Wildman–Crippen MR) is 76.1 cm³/mol. The molecule has 1 rings (SSSR count). The summed E-state index contributed by atoms with van der Waals surface area (Å²) in [5.41, 5.74) is 0. The lowest BCUT2D eigenvalue weighted by molar-refractivity contribution is -0.144. The van der Waals surface area contributed by atoms with E-state index in [0.717, 1.165) is 0 Å². The molecule has 1 atom stereocenters. The van der Waals surface area contributed by atoms with E-state index < -0.39 is 0 Å². The van der Waals surface area contributed by atoms with Crippen molar-refractivity contribution in [1.29, 1.82) is 0 Å². The highest BCUT2D eigenvalue weighted by Crippen LogP contribution is 2.20. The molecule has 1 aliphatic rings. The third-order valence-electron chi connectivity index (χ3n) is 3.58. The minimum Gasteiger partial charge on any atom is -0.468 e. The van der Waals surface area contributed by atoms with Crippen molar-refractivity contribution in [3.8, 4) is 0 Å². The van der Waals surface area contributed by atoms with Crippen LogP contribution in [-0.4, -0.2) is 37.9 Å². The van der Waals surface area contributed by atoms with Crippen LogP contribution in [0.3, 0.4) is 0 Å². The fraction of sp³-hybridized carbons (Fsp3) is 0.933. The van der Waals surface area contributed by atoms with Gasteiger partial charge in [0.25, 0.3) is 0 Å². The number of nitrogens with one attached hydrogen (secondary N) is 1. The maximum absolute atomic E-state index is 11.6. The third-order valence-corrected chi connectivity index (χ3v) is 3.58. The second kappa shape index (κ2) is 9.32. The fourth-order valence-corrected chi connectivity index (χ4v) is 2.57. The molecule has 1 saturated carbocycles. The molecule has 1 aliphatic carbocycles. The first kappa shape index (κ1) is 16.4. The van der Waals surface area contributed by atoms with Gasteiger partial charge in [-0.3, -0.25) is 4.79 Å². The Morgan fingerprint density at radius 3 is 2.37 bits per heavy atom. The van der Waals surface area contributed by atoms with Gasteiger partial charge in [-0.1, -0.05) is 39.5 Å². The zero-order chi connectivity index (χ0) is 14.1. The van der Waals surface area contributed by atoms with E-state index in [4.69, 9.17) is 9.47 Å². The minimum absolute atomic E-state index is 0.196. The summed E-state index contributed by atoms with van der Waals surface area (Å²) in [6, 6.07) is 0.0118. The molecule has 1 N–H and O–H groups in total. The van der Waals surface area contributed by atoms with E-state index in [-0.39, 0.29) is 18.1 Å². The van der Waals surface area contributed by atoms with Crippen LogP contribution in [0.1, 0.15) is 58.8 Å². The average molecular weight is 271 g/mol. The van der Waals surface area contributed by atoms with Gasteiger partial charge in [0.15, 0.2) is 0 Å². The molecule has 4 heteroatoms. The first-order chi connectivity index (χ1) is 9.13. The molecule has 0 radical (unpaired) electrons. The molecule has 4 nitrogen and oxygen atoms in total. The van der Waals surface area contributed by atoms with Gasteiger partial charge in [-0.25, -0.2) is 0 Å². The molecule has 0 bridgehead atoms. The van der Waals surface area contributed by atoms with Crippen LogP contribution in [0.4, 0.5) is 0 Å². The lowest BCUT2D eigenvalue weighted by Crippen LogP contribution is -2.42. The van der Waals surface area contributed by atoms with Crippen molar-refractivity contribution in [2.45, 2.75) is 77.0 Å². The summed E-state index contributed by atoms with van der Waals surface area (Å²) in [4.78, 5) is 11.6. The van der Waals surface area contributed by atoms with Crippen molar-refractivity contribution in [3.63, 3.8) is 0 Å². The Morgan fingerprint density at radius 2 is 1.84 bits per heavy atom. The molecule has 0 aliphatic heterocycles. The van der Waals surface area contributed by atoms with Gasteiger partial charge in [-0.05, 0) is 19.3 Å². The molecule has 0 aromatic rings. The standard InChI is InChI=1S/C15H29NO3/c1-12(2)16-14(15(17)18-3)10-11-19-13-8-6-4-5-7-9-13/h12-14,16H,4-11H2,1-3H3. The van der Waals surface area contributed by atoms with Crippen molar-refractivity contribution in [2.24, 2.45) is 0 Å². The largest absolute Gasteiger partial charge is 0.468 e. The number of esters is 1. The number of hydrogen-bond donors (Lipinski definition) is 1. The van der Waals surface area contributed by atoms with Crippen molar-refractivity contribution in [1.82, 2.24) is 5.32 Å². The maximum Gasteiger partial charge on any atom is 0.322 e. The fourth-order valence-electron chi connectivity index (χ4n) is 2.57. The van der Waals surface area contributed by atoms with Crippen LogP contribution in [-0.2, 0) is 14.3 Å². The SMILES string of the molecule is COC(=O)C(CCOC1CCCCCC1)NC(C)C. The van der Waals surface area contributed by atoms with Crippen LogP contribution in [0.15, 0.2) is 0 Å². The van der Waals surface area contributed by atoms with E-state index in [1.807, 2.05) is 13.8 Å². The minimum atomic E-state index is -0.254. The molecular weight excluding hydrogens is 242 g/mol. The van der Waals surface area contributed by atoms with E-state index in [2.05, 4.69) is 5.32 Å². The number of hydrogen-bond acceptors (Lipinski definition) is 4. The smallest absolute Gasteiger partial charge is 0.322 e. The van der Waals surface area contributed by atoms with Crippen molar-refractivity contribution < 1.29 is 14.3 Å². The first-order valence-electron chi connectivity index (χ1n) is 7.59. The van der Waals surface area contributed by atoms with E-state index >= 15 is 0 Å². The van der Waals surface area contributed by atoms with Crippen LogP contribution in [0, 0.1) is 0 Å². The van der Waals surface area contributed by atoms with Gasteiger partial charge in [0.1, 0.15) is 6.04 Å². The Labute approximate surface area is 117 Å². The lowest BCUT2D eigenvalue weighted by atomic mass is 10.1. The monoisotopic (exact) mass is 271 g/mol. The highest BCUT2D eigenvalue weighted by Gasteiger charge is 2.20. The summed E-state index contributed by atoms with van der Waals surface area (Å²) in [6.45, 7) is 4.69. The molecule has 0 amide bonds. The van der Waals surface area contributed by atoms with Gasteiger partial charge >= 0.3 is 5.97 Å². The zero-order valence-electron chi connectivity index (χ0n) is 12.6. The van der Waals surface area contributed by atoms with Crippen molar-refractivity contribution >= 4 is 5.97 Å². The van der Waals surface area contributed by atoms with Gasteiger partial charge in [-0.15, -0.1) is 0 Å². The lowest BCUT2D eigenvalue weighted by Gasteiger charge is -2.21. The Bertz CT molecular complexity index is 248. The molecule has 0 heterocycles. The van der Waals surface area contributed by atoms with Crippen LogP contribution in [0.5, 0.6) is 0 Å². The molecular formula is C15H29NO3. The van der Waals surface area contributed by atoms with Gasteiger partial charge in [0, 0.05) is 12.6 Å². The van der Waals surface area contributed by atoms with Gasteiger partial charge in [0.05, 0.1) is 13.2 Å². The van der Waals surface area contributed by atoms with Crippen molar-refractivity contribution in [2.75, 3.05) is 13.7 Å². The quantitative estimate of drug-likeness (QED) is 0.571. The molecule has 0 aromatic heterocycles. The van der Waals surface area contributed by atoms with Crippen LogP contribution in [0.2, 0.25) is 0 Å². The van der Waals surface area contributed by atoms with E-state index in [0.29, 0.717) is 19.1 Å². The number of methoxy groups -OCH3 is 1. The molecule has 19 heavy (non-hydrogen) atoms. The Kier molecular flexibility index (Phi) is 8.07. The number of carbonyl (C=O) groups excluding carboxylic acids is 1. The summed E-state index contributed by atoms with van der Waals surface area (Å²) in [5, 5.41) is 3.23. The van der Waals surface area contributed by atoms with Crippen LogP contribution in [0.25, 0.3) is 0 Å². The number of rotatable bonds is 7. The van der Waals surface area contributed by atoms with E-state index in [1.54, 1.807) is 0 Å². The molecule has 112 valence electrons. The first-order valence-corrected chi connectivity index (χ1v) is 7.59. The molecule has 1 fully saturated rings. The summed E-state index contributed by atoms with van der Waals surface area (Å²) < 4.78 is 10.7. The normalized spacial score (nSPS) is 19.2. The van der Waals surface area contributed by atoms with E-state index in [9.17, 15) is 4.79 Å². The van der Waals surface area contributed by atoms with Crippen molar-refractivity contribution in [3.05, 3.63) is 0 Å². The Hall–Kier alpha value is -0.610. The number of carbonyl (C=O) groups is 1. The topological polar surface area (TPSA) is 47.6 Å². The van der Waals surface area contributed by atoms with Gasteiger partial charge in [0.2, 0.25) is 0 Å². The van der Waals surface area contributed by atoms with Crippen LogP contribution >= 0.6 is 0 Å². The zero-order valence-corrected chi connectivity index (χ0v) is 12.6. The Morgan fingerprint density at radius 1 is 1.21 bits per heavy atom. The maximum atomic E-state index is 11.6. The summed E-state index contributed by atoms with van der Waals surface area (Å²) >= 11 is 0. The average Bonchev–Trinajstić information content (AvgIpc) is 2.65. The van der Waals surface area contributed by atoms with Gasteiger partial charge in [-0.2, -0.15) is 0 Å². The van der Waals surface area contributed by atoms with E-state index in [1.165, 1.54) is 45.6 Å². The summed E-state index contributed by atoms with van der Waals surface area (Å²) in [6.07, 6.45) is 8.62. The number of ether oxygens (including phenoxy) is 2. The highest BCUT2D eigenvalue weighted by molar-refractivity contribution is 5.75. The second-order valence-electron chi connectivity index (χ2n) is 5.67. The molecule has 0 spiro atoms. The predicted octanol–water partition coefficient (Wildman–Crippen LogP) is 2.66. The Balaban J connectivity index is 2.28. The third kappa shape index (κ3) is 6.92. The highest BCUT2D eigenvalue weighted by atomic mass is 16.5. The van der Waals surface area contributed by atoms with Gasteiger partial charge < -0.3 is 14.8 Å². The summed E-state index contributed by atoms with van der Waals surface area (Å²) in [7, 11) is 1.43. The molecule has 0 aromatic carbocycles. The molecule has 0 saturated heterocycles. The molecule has 1 unspecified atom stereocenters. The van der Waals surface area contributed by atoms with Crippen LogP contribution < -0.4 is 5.32 Å².